The van der Waals surface area contributed by atoms with Gasteiger partial charge in [0.1, 0.15) is 11.6 Å². The molecular weight excluding hydrogens is 370 g/mol. The lowest BCUT2D eigenvalue weighted by molar-refractivity contribution is -0.157. The monoisotopic (exact) mass is 409 g/mol. The van der Waals surface area contributed by atoms with Gasteiger partial charge in [-0.1, -0.05) is 19.9 Å². The van der Waals surface area contributed by atoms with Crippen LogP contribution in [0.25, 0.3) is 0 Å². The number of benzene rings is 1. The molecule has 0 aromatic heterocycles. The van der Waals surface area contributed by atoms with Gasteiger partial charge in [-0.2, -0.15) is 0 Å². The number of methoxy groups -OCH3 is 2. The first-order chi connectivity index (χ1) is 13.6. The van der Waals surface area contributed by atoms with Gasteiger partial charge < -0.3 is 24.7 Å². The molecule has 6 nitrogen and oxygen atoms in total. The van der Waals surface area contributed by atoms with E-state index in [-0.39, 0.29) is 11.9 Å². The van der Waals surface area contributed by atoms with Crippen molar-refractivity contribution in [1.82, 2.24) is 0 Å². The van der Waals surface area contributed by atoms with E-state index in [2.05, 4.69) is 13.8 Å². The lowest BCUT2D eigenvalue weighted by Gasteiger charge is -2.26. The molecule has 6 heteroatoms. The topological polar surface area (TPSA) is 80.0 Å². The summed E-state index contributed by atoms with van der Waals surface area (Å²) in [7, 11) is 3.31. The zero-order valence-electron chi connectivity index (χ0n) is 19.1. The fourth-order valence-electron chi connectivity index (χ4n) is 3.04. The van der Waals surface area contributed by atoms with Crippen molar-refractivity contribution in [2.75, 3.05) is 27.4 Å². The highest BCUT2D eigenvalue weighted by atomic mass is 16.6. The second kappa shape index (κ2) is 12.0. The van der Waals surface area contributed by atoms with Crippen molar-refractivity contribution in [2.45, 2.75) is 65.5 Å². The highest BCUT2D eigenvalue weighted by molar-refractivity contribution is 5.75. The second-order valence-corrected chi connectivity index (χ2v) is 8.76. The van der Waals surface area contributed by atoms with Gasteiger partial charge in [0, 0.05) is 20.1 Å². The molecule has 29 heavy (non-hydrogen) atoms. The molecule has 1 rings (SSSR count). The number of hydrogen-bond acceptors (Lipinski definition) is 6. The molecule has 0 aliphatic heterocycles. The molecule has 166 valence electrons. The summed E-state index contributed by atoms with van der Waals surface area (Å²) in [5, 5.41) is 0. The molecule has 0 fully saturated rings. The van der Waals surface area contributed by atoms with Gasteiger partial charge in [-0.25, -0.2) is 0 Å². The Balaban J connectivity index is 2.83. The first-order valence-corrected chi connectivity index (χ1v) is 10.3. The van der Waals surface area contributed by atoms with Gasteiger partial charge in [0.15, 0.2) is 11.5 Å². The van der Waals surface area contributed by atoms with Crippen LogP contribution in [-0.4, -0.2) is 45.0 Å². The number of carbonyl (C=O) groups excluding carboxylic acids is 1. The number of ether oxygens (including phenoxy) is 4. The first kappa shape index (κ1) is 25.2. The molecule has 0 saturated carbocycles. The van der Waals surface area contributed by atoms with Crippen LogP contribution in [0, 0.1) is 11.8 Å². The van der Waals surface area contributed by atoms with Crippen LogP contribution in [0.1, 0.15) is 53.0 Å². The SMILES string of the molecule is COCCCOc1cc(C[C@@H](CC(N)C(=O)OC(C)(C)C)C(C)C)ccc1OC. The molecule has 1 aromatic rings. The third kappa shape index (κ3) is 9.50. The number of rotatable bonds is 12. The summed E-state index contributed by atoms with van der Waals surface area (Å²) in [5.41, 5.74) is 6.75. The van der Waals surface area contributed by atoms with Gasteiger partial charge in [0.05, 0.1) is 13.7 Å². The first-order valence-electron chi connectivity index (χ1n) is 10.3. The zero-order chi connectivity index (χ0) is 22.0. The summed E-state index contributed by atoms with van der Waals surface area (Å²) in [6.07, 6.45) is 2.18. The summed E-state index contributed by atoms with van der Waals surface area (Å²) < 4.78 is 21.8. The van der Waals surface area contributed by atoms with E-state index in [9.17, 15) is 4.79 Å². The molecular formula is C23H39NO5. The highest BCUT2D eigenvalue weighted by Gasteiger charge is 2.26. The third-order valence-corrected chi connectivity index (χ3v) is 4.69. The van der Waals surface area contributed by atoms with Crippen molar-refractivity contribution in [3.63, 3.8) is 0 Å². The Bertz CT molecular complexity index is 624. The Morgan fingerprint density at radius 3 is 2.34 bits per heavy atom. The van der Waals surface area contributed by atoms with E-state index in [4.69, 9.17) is 24.7 Å². The van der Waals surface area contributed by atoms with E-state index >= 15 is 0 Å². The van der Waals surface area contributed by atoms with E-state index in [0.717, 1.165) is 24.2 Å². The Morgan fingerprint density at radius 1 is 1.10 bits per heavy atom. The minimum atomic E-state index is -0.635. The van der Waals surface area contributed by atoms with Crippen molar-refractivity contribution in [3.05, 3.63) is 23.8 Å². The number of carbonyl (C=O) groups is 1. The van der Waals surface area contributed by atoms with Crippen LogP contribution in [0.3, 0.4) is 0 Å². The van der Waals surface area contributed by atoms with Crippen molar-refractivity contribution in [3.8, 4) is 11.5 Å². The van der Waals surface area contributed by atoms with Crippen molar-refractivity contribution < 1.29 is 23.7 Å². The minimum Gasteiger partial charge on any atom is -0.493 e. The van der Waals surface area contributed by atoms with E-state index in [0.29, 0.717) is 31.3 Å². The molecule has 1 aromatic carbocycles. The summed E-state index contributed by atoms with van der Waals surface area (Å²) in [6.45, 7) is 11.1. The molecule has 0 aliphatic carbocycles. The summed E-state index contributed by atoms with van der Waals surface area (Å²) in [4.78, 5) is 12.3. The minimum absolute atomic E-state index is 0.243. The van der Waals surface area contributed by atoms with Gasteiger partial charge in [0.2, 0.25) is 0 Å². The van der Waals surface area contributed by atoms with Crippen molar-refractivity contribution in [2.24, 2.45) is 17.6 Å². The van der Waals surface area contributed by atoms with Crippen LogP contribution >= 0.6 is 0 Å². The molecule has 2 atom stereocenters. The molecule has 0 amide bonds. The Hall–Kier alpha value is -1.79. The largest absolute Gasteiger partial charge is 0.493 e. The fourth-order valence-corrected chi connectivity index (χ4v) is 3.04. The van der Waals surface area contributed by atoms with Gasteiger partial charge in [-0.05, 0) is 63.1 Å². The van der Waals surface area contributed by atoms with Crippen LogP contribution in [0.5, 0.6) is 11.5 Å². The van der Waals surface area contributed by atoms with E-state index in [1.54, 1.807) is 14.2 Å². The quantitative estimate of drug-likeness (QED) is 0.415. The maximum atomic E-state index is 12.3. The predicted octanol–water partition coefficient (Wildman–Crippen LogP) is 3.98. The van der Waals surface area contributed by atoms with Crippen LogP contribution in [0.2, 0.25) is 0 Å². The van der Waals surface area contributed by atoms with Gasteiger partial charge in [0.25, 0.3) is 0 Å². The van der Waals surface area contributed by atoms with Crippen LogP contribution in [0.4, 0.5) is 0 Å². The third-order valence-electron chi connectivity index (χ3n) is 4.69. The lowest BCUT2D eigenvalue weighted by Crippen LogP contribution is -2.39. The highest BCUT2D eigenvalue weighted by Crippen LogP contribution is 2.31. The van der Waals surface area contributed by atoms with E-state index in [1.165, 1.54) is 0 Å². The molecule has 2 N–H and O–H groups in total. The maximum absolute atomic E-state index is 12.3. The number of esters is 1. The smallest absolute Gasteiger partial charge is 0.323 e. The lowest BCUT2D eigenvalue weighted by atomic mass is 9.84. The van der Waals surface area contributed by atoms with Crippen LogP contribution in [0.15, 0.2) is 18.2 Å². The zero-order valence-corrected chi connectivity index (χ0v) is 19.1. The van der Waals surface area contributed by atoms with Crippen molar-refractivity contribution in [1.29, 1.82) is 0 Å². The normalized spacial score (nSPS) is 13.8. The Morgan fingerprint density at radius 2 is 1.79 bits per heavy atom. The van der Waals surface area contributed by atoms with Crippen molar-refractivity contribution >= 4 is 5.97 Å². The fraction of sp³-hybridized carbons (Fsp3) is 0.696. The summed E-state index contributed by atoms with van der Waals surface area (Å²) >= 11 is 0. The summed E-state index contributed by atoms with van der Waals surface area (Å²) in [6, 6.07) is 5.34. The second-order valence-electron chi connectivity index (χ2n) is 8.76. The van der Waals surface area contributed by atoms with E-state index in [1.807, 2.05) is 39.0 Å². The molecule has 0 radical (unpaired) electrons. The predicted molar refractivity (Wildman–Crippen MR) is 115 cm³/mol. The standard InChI is InChI=1S/C23H39NO5/c1-16(2)18(15-19(24)22(25)29-23(3,4)5)13-17-9-10-20(27-7)21(14-17)28-12-8-11-26-6/h9-10,14,16,18-19H,8,11-13,15,24H2,1-7H3/t18-,19?/m0/s1. The average Bonchev–Trinajstić information content (AvgIpc) is 2.63. The molecule has 0 heterocycles. The van der Waals surface area contributed by atoms with E-state index < -0.39 is 11.6 Å². The number of hydrogen-bond donors (Lipinski definition) is 1. The molecule has 0 bridgehead atoms. The average molecular weight is 410 g/mol. The van der Waals surface area contributed by atoms with Gasteiger partial charge in [-0.15, -0.1) is 0 Å². The van der Waals surface area contributed by atoms with Gasteiger partial charge in [-0.3, -0.25) is 4.79 Å². The maximum Gasteiger partial charge on any atom is 0.323 e. The Kier molecular flexibility index (Phi) is 10.5. The molecule has 1 unspecified atom stereocenters. The Labute approximate surface area is 176 Å². The van der Waals surface area contributed by atoms with Crippen LogP contribution < -0.4 is 15.2 Å². The molecule has 0 saturated heterocycles. The molecule has 0 spiro atoms. The molecule has 0 aliphatic rings. The van der Waals surface area contributed by atoms with Crippen LogP contribution in [-0.2, 0) is 20.7 Å². The summed E-state index contributed by atoms with van der Waals surface area (Å²) in [5.74, 6) is 1.70. The number of nitrogens with two attached hydrogens (primary N) is 1. The van der Waals surface area contributed by atoms with Gasteiger partial charge >= 0.3 is 5.97 Å².